The standard InChI is InChI=1S/C13H10N4O3S/c1-6-2-4-7(5-3-6)11-15-12(20-16-11)9-8(14)10(13(18)19)21-17-9/h2-5H,14H2,1H3,(H,18,19). The first-order chi connectivity index (χ1) is 10.1. The minimum atomic E-state index is -1.13. The third-order valence-corrected chi connectivity index (χ3v) is 3.71. The lowest BCUT2D eigenvalue weighted by atomic mass is 10.1. The van der Waals surface area contributed by atoms with Gasteiger partial charge in [0.15, 0.2) is 10.6 Å². The lowest BCUT2D eigenvalue weighted by Gasteiger charge is -1.94. The molecule has 3 N–H and O–H groups in total. The van der Waals surface area contributed by atoms with Crippen LogP contribution in [0, 0.1) is 6.92 Å². The molecule has 0 aliphatic carbocycles. The molecule has 0 aliphatic rings. The Bertz CT molecular complexity index is 807. The molecule has 0 spiro atoms. The Balaban J connectivity index is 1.99. The van der Waals surface area contributed by atoms with Gasteiger partial charge >= 0.3 is 5.97 Å². The van der Waals surface area contributed by atoms with Crippen LogP contribution in [0.3, 0.4) is 0 Å². The molecule has 8 heteroatoms. The van der Waals surface area contributed by atoms with E-state index in [2.05, 4.69) is 14.5 Å². The monoisotopic (exact) mass is 302 g/mol. The fraction of sp³-hybridized carbons (Fsp3) is 0.0769. The maximum Gasteiger partial charge on any atom is 0.349 e. The van der Waals surface area contributed by atoms with Gasteiger partial charge in [0.25, 0.3) is 5.89 Å². The molecular formula is C13H10N4O3S. The number of carbonyl (C=O) groups is 1. The number of nitrogens with two attached hydrogens (primary N) is 1. The topological polar surface area (TPSA) is 115 Å². The number of rotatable bonds is 3. The summed E-state index contributed by atoms with van der Waals surface area (Å²) in [6.07, 6.45) is 0. The normalized spacial score (nSPS) is 10.7. The van der Waals surface area contributed by atoms with Crippen molar-refractivity contribution >= 4 is 23.2 Å². The van der Waals surface area contributed by atoms with E-state index in [0.29, 0.717) is 5.82 Å². The van der Waals surface area contributed by atoms with E-state index in [1.165, 1.54) is 0 Å². The predicted octanol–water partition coefficient (Wildman–Crippen LogP) is 2.45. The molecule has 2 heterocycles. The first-order valence-electron chi connectivity index (χ1n) is 5.96. The Hall–Kier alpha value is -2.74. The summed E-state index contributed by atoms with van der Waals surface area (Å²) >= 11 is 0.784. The summed E-state index contributed by atoms with van der Waals surface area (Å²) in [6, 6.07) is 7.62. The Morgan fingerprint density at radius 2 is 2.05 bits per heavy atom. The highest BCUT2D eigenvalue weighted by molar-refractivity contribution is 7.09. The van der Waals surface area contributed by atoms with Gasteiger partial charge in [-0.1, -0.05) is 35.0 Å². The van der Waals surface area contributed by atoms with E-state index in [1.54, 1.807) is 0 Å². The van der Waals surface area contributed by atoms with Crippen molar-refractivity contribution in [3.05, 3.63) is 34.7 Å². The Morgan fingerprint density at radius 1 is 1.33 bits per heavy atom. The first kappa shape index (κ1) is 13.3. The van der Waals surface area contributed by atoms with Gasteiger partial charge in [0, 0.05) is 5.56 Å². The summed E-state index contributed by atoms with van der Waals surface area (Å²) < 4.78 is 9.09. The van der Waals surface area contributed by atoms with Crippen LogP contribution in [-0.2, 0) is 0 Å². The molecule has 3 rings (SSSR count). The lowest BCUT2D eigenvalue weighted by Crippen LogP contribution is -1.98. The highest BCUT2D eigenvalue weighted by Crippen LogP contribution is 2.30. The van der Waals surface area contributed by atoms with Crippen LogP contribution in [0.4, 0.5) is 5.69 Å². The van der Waals surface area contributed by atoms with E-state index >= 15 is 0 Å². The first-order valence-corrected chi connectivity index (χ1v) is 6.73. The quantitative estimate of drug-likeness (QED) is 0.763. The van der Waals surface area contributed by atoms with Crippen LogP contribution < -0.4 is 5.73 Å². The molecule has 0 atom stereocenters. The van der Waals surface area contributed by atoms with Crippen LogP contribution in [-0.4, -0.2) is 25.6 Å². The van der Waals surface area contributed by atoms with Gasteiger partial charge in [-0.25, -0.2) is 4.79 Å². The van der Waals surface area contributed by atoms with Crippen LogP contribution in [0.15, 0.2) is 28.8 Å². The lowest BCUT2D eigenvalue weighted by molar-refractivity contribution is 0.0703. The van der Waals surface area contributed by atoms with Gasteiger partial charge in [-0.2, -0.15) is 9.36 Å². The molecule has 0 bridgehead atoms. The van der Waals surface area contributed by atoms with Crippen molar-refractivity contribution in [2.45, 2.75) is 6.92 Å². The molecule has 1 aromatic carbocycles. The van der Waals surface area contributed by atoms with Crippen LogP contribution in [0.2, 0.25) is 0 Å². The Morgan fingerprint density at radius 3 is 2.67 bits per heavy atom. The minimum Gasteiger partial charge on any atom is -0.477 e. The average Bonchev–Trinajstić information content (AvgIpc) is 3.06. The van der Waals surface area contributed by atoms with Crippen molar-refractivity contribution in [1.82, 2.24) is 14.5 Å². The molecule has 0 fully saturated rings. The highest BCUT2D eigenvalue weighted by atomic mass is 32.1. The van der Waals surface area contributed by atoms with Gasteiger partial charge in [0.1, 0.15) is 0 Å². The maximum absolute atomic E-state index is 10.9. The number of benzene rings is 1. The van der Waals surface area contributed by atoms with E-state index in [9.17, 15) is 4.79 Å². The largest absolute Gasteiger partial charge is 0.477 e. The van der Waals surface area contributed by atoms with Crippen molar-refractivity contribution in [2.75, 3.05) is 5.73 Å². The fourth-order valence-electron chi connectivity index (χ4n) is 1.75. The molecule has 0 amide bonds. The summed E-state index contributed by atoms with van der Waals surface area (Å²) in [6.45, 7) is 1.98. The number of anilines is 1. The van der Waals surface area contributed by atoms with E-state index in [1.807, 2.05) is 31.2 Å². The predicted molar refractivity (Wildman–Crippen MR) is 77.0 cm³/mol. The number of carboxylic acid groups (broad SMARTS) is 1. The Labute approximate surface area is 123 Å². The van der Waals surface area contributed by atoms with E-state index < -0.39 is 5.97 Å². The summed E-state index contributed by atoms with van der Waals surface area (Å²) in [5, 5.41) is 12.8. The molecule has 0 radical (unpaired) electrons. The van der Waals surface area contributed by atoms with Crippen molar-refractivity contribution < 1.29 is 14.4 Å². The van der Waals surface area contributed by atoms with Gasteiger partial charge in [-0.15, -0.1) is 0 Å². The molecule has 0 unspecified atom stereocenters. The van der Waals surface area contributed by atoms with Crippen LogP contribution in [0.5, 0.6) is 0 Å². The summed E-state index contributed by atoms with van der Waals surface area (Å²) in [7, 11) is 0. The number of carboxylic acids is 1. The molecule has 3 aromatic rings. The summed E-state index contributed by atoms with van der Waals surface area (Å²) in [4.78, 5) is 15.1. The average molecular weight is 302 g/mol. The number of aryl methyl sites for hydroxylation is 1. The van der Waals surface area contributed by atoms with E-state index in [0.717, 1.165) is 22.7 Å². The molecule has 2 aromatic heterocycles. The van der Waals surface area contributed by atoms with Gasteiger partial charge in [0.05, 0.1) is 5.69 Å². The SMILES string of the molecule is Cc1ccc(-c2noc(-c3nsc(C(=O)O)c3N)n2)cc1. The van der Waals surface area contributed by atoms with Gasteiger partial charge in [-0.05, 0) is 18.5 Å². The van der Waals surface area contributed by atoms with Gasteiger partial charge in [0.2, 0.25) is 5.82 Å². The number of aromatic nitrogens is 3. The van der Waals surface area contributed by atoms with E-state index in [-0.39, 0.29) is 22.1 Å². The number of nitrogens with zero attached hydrogens (tertiary/aromatic N) is 3. The number of hydrogen-bond acceptors (Lipinski definition) is 7. The minimum absolute atomic E-state index is 0.0339. The maximum atomic E-state index is 10.9. The summed E-state index contributed by atoms with van der Waals surface area (Å²) in [5.41, 5.74) is 7.89. The smallest absolute Gasteiger partial charge is 0.349 e. The zero-order valence-corrected chi connectivity index (χ0v) is 11.7. The fourth-order valence-corrected chi connectivity index (χ4v) is 2.38. The number of nitrogen functional groups attached to an aromatic ring is 1. The zero-order chi connectivity index (χ0) is 15.0. The molecule has 21 heavy (non-hydrogen) atoms. The highest BCUT2D eigenvalue weighted by Gasteiger charge is 2.22. The van der Waals surface area contributed by atoms with Crippen molar-refractivity contribution in [3.63, 3.8) is 0 Å². The van der Waals surface area contributed by atoms with Gasteiger partial charge < -0.3 is 15.4 Å². The summed E-state index contributed by atoms with van der Waals surface area (Å²) in [5.74, 6) is -0.629. The van der Waals surface area contributed by atoms with Crippen LogP contribution in [0.1, 0.15) is 15.2 Å². The second-order valence-electron chi connectivity index (χ2n) is 4.37. The zero-order valence-electron chi connectivity index (χ0n) is 10.9. The third-order valence-electron chi connectivity index (χ3n) is 2.86. The molecule has 0 aliphatic heterocycles. The van der Waals surface area contributed by atoms with Gasteiger partial charge in [-0.3, -0.25) is 0 Å². The third kappa shape index (κ3) is 2.36. The molecule has 0 saturated carbocycles. The molecule has 7 nitrogen and oxygen atoms in total. The van der Waals surface area contributed by atoms with Crippen LogP contribution in [0.25, 0.3) is 23.0 Å². The van der Waals surface area contributed by atoms with Crippen molar-refractivity contribution in [1.29, 1.82) is 0 Å². The number of aromatic carboxylic acids is 1. The second kappa shape index (κ2) is 4.98. The second-order valence-corrected chi connectivity index (χ2v) is 5.14. The van der Waals surface area contributed by atoms with Crippen molar-refractivity contribution in [2.24, 2.45) is 0 Å². The molecule has 0 saturated heterocycles. The Kier molecular flexibility index (Phi) is 3.15. The van der Waals surface area contributed by atoms with Crippen molar-refractivity contribution in [3.8, 4) is 23.0 Å². The van der Waals surface area contributed by atoms with Crippen LogP contribution >= 0.6 is 11.5 Å². The molecule has 106 valence electrons. The number of hydrogen-bond donors (Lipinski definition) is 2. The van der Waals surface area contributed by atoms with E-state index in [4.69, 9.17) is 15.4 Å². The molecular weight excluding hydrogens is 292 g/mol.